The quantitative estimate of drug-likeness (QED) is 0.622. The molecule has 0 radical (unpaired) electrons. The van der Waals surface area contributed by atoms with Gasteiger partial charge in [0.25, 0.3) is 0 Å². The molecule has 2 aromatic heterocycles. The molecule has 0 bridgehead atoms. The average Bonchev–Trinajstić information content (AvgIpc) is 3.11. The van der Waals surface area contributed by atoms with Gasteiger partial charge in [-0.1, -0.05) is 0 Å². The van der Waals surface area contributed by atoms with Gasteiger partial charge in [-0.15, -0.1) is 22.7 Å². The molecule has 6 nitrogen and oxygen atoms in total. The number of nitrogens with one attached hydrogen (secondary N) is 2. The van der Waals surface area contributed by atoms with Crippen LogP contribution in [0.2, 0.25) is 0 Å². The third-order valence-electron chi connectivity index (χ3n) is 2.88. The highest BCUT2D eigenvalue weighted by Gasteiger charge is 2.05. The van der Waals surface area contributed by atoms with Crippen molar-refractivity contribution in [1.82, 2.24) is 20.6 Å². The summed E-state index contributed by atoms with van der Waals surface area (Å²) in [6, 6.07) is 0. The number of rotatable bonds is 6. The van der Waals surface area contributed by atoms with Gasteiger partial charge < -0.3 is 15.5 Å². The van der Waals surface area contributed by atoms with Gasteiger partial charge in [-0.2, -0.15) is 0 Å². The molecule has 0 aromatic carbocycles. The Hall–Kier alpha value is -1.67. The van der Waals surface area contributed by atoms with Gasteiger partial charge in [0.2, 0.25) is 0 Å². The zero-order chi connectivity index (χ0) is 15.9. The highest BCUT2D eigenvalue weighted by atomic mass is 32.1. The van der Waals surface area contributed by atoms with Gasteiger partial charge in [-0.3, -0.25) is 4.99 Å². The lowest BCUT2D eigenvalue weighted by atomic mass is 10.4. The number of anilines is 1. The summed E-state index contributed by atoms with van der Waals surface area (Å²) in [6.45, 7) is 3.55. The molecule has 2 rings (SSSR count). The van der Waals surface area contributed by atoms with Crippen LogP contribution in [-0.4, -0.2) is 43.6 Å². The molecule has 0 saturated carbocycles. The largest absolute Gasteiger partial charge is 0.356 e. The fourth-order valence-corrected chi connectivity index (χ4v) is 3.33. The van der Waals surface area contributed by atoms with Crippen molar-refractivity contribution >= 4 is 33.8 Å². The topological polar surface area (TPSA) is 65.4 Å². The molecule has 22 heavy (non-hydrogen) atoms. The summed E-state index contributed by atoms with van der Waals surface area (Å²) in [5.41, 5.74) is 1.02. The number of nitrogens with zero attached hydrogens (tertiary/aromatic N) is 4. The second-order valence-corrected chi connectivity index (χ2v) is 7.14. The molecule has 0 aliphatic rings. The molecular formula is C14H22N6S2. The predicted molar refractivity (Wildman–Crippen MR) is 95.2 cm³/mol. The Morgan fingerprint density at radius 1 is 1.36 bits per heavy atom. The van der Waals surface area contributed by atoms with Crippen LogP contribution in [0.25, 0.3) is 0 Å². The van der Waals surface area contributed by atoms with Crippen molar-refractivity contribution in [3.63, 3.8) is 0 Å². The molecule has 8 heteroatoms. The van der Waals surface area contributed by atoms with Crippen molar-refractivity contribution in [2.45, 2.75) is 19.9 Å². The summed E-state index contributed by atoms with van der Waals surface area (Å²) in [7, 11) is 5.77. The third kappa shape index (κ3) is 4.96. The van der Waals surface area contributed by atoms with E-state index in [0.717, 1.165) is 34.8 Å². The van der Waals surface area contributed by atoms with E-state index in [4.69, 9.17) is 0 Å². The van der Waals surface area contributed by atoms with Gasteiger partial charge in [0, 0.05) is 50.6 Å². The molecule has 0 aliphatic carbocycles. The maximum atomic E-state index is 4.54. The summed E-state index contributed by atoms with van der Waals surface area (Å²) >= 11 is 3.38. The monoisotopic (exact) mass is 338 g/mol. The first-order valence-corrected chi connectivity index (χ1v) is 8.75. The van der Waals surface area contributed by atoms with Crippen LogP contribution in [-0.2, 0) is 13.0 Å². The van der Waals surface area contributed by atoms with Crippen molar-refractivity contribution in [1.29, 1.82) is 0 Å². The molecule has 0 atom stereocenters. The van der Waals surface area contributed by atoms with Crippen molar-refractivity contribution in [3.8, 4) is 0 Å². The van der Waals surface area contributed by atoms with E-state index in [2.05, 4.69) is 37.9 Å². The Kier molecular flexibility index (Phi) is 6.14. The normalized spacial score (nSPS) is 11.5. The van der Waals surface area contributed by atoms with Gasteiger partial charge >= 0.3 is 0 Å². The van der Waals surface area contributed by atoms with E-state index >= 15 is 0 Å². The number of thiazole rings is 2. The van der Waals surface area contributed by atoms with E-state index in [1.165, 1.54) is 4.88 Å². The summed E-state index contributed by atoms with van der Waals surface area (Å²) < 4.78 is 0. The van der Waals surface area contributed by atoms with Crippen LogP contribution in [0.4, 0.5) is 5.13 Å². The van der Waals surface area contributed by atoms with Crippen molar-refractivity contribution in [3.05, 3.63) is 27.2 Å². The standard InChI is InChI=1S/C14H22N6S2/c1-10-7-17-12(22-10)5-6-16-13(15-2)18-8-11-9-21-14(19-11)20(3)4/h7,9H,5-6,8H2,1-4H3,(H2,15,16,18). The molecule has 2 aromatic rings. The Bertz CT molecular complexity index is 616. The Balaban J connectivity index is 1.74. The predicted octanol–water partition coefficient (Wildman–Crippen LogP) is 1.88. The summed E-state index contributed by atoms with van der Waals surface area (Å²) in [5, 5.41) is 10.8. The van der Waals surface area contributed by atoms with Gasteiger partial charge in [0.05, 0.1) is 17.2 Å². The van der Waals surface area contributed by atoms with Crippen LogP contribution in [0.15, 0.2) is 16.6 Å². The maximum absolute atomic E-state index is 4.54. The van der Waals surface area contributed by atoms with Crippen molar-refractivity contribution in [2.75, 3.05) is 32.6 Å². The highest BCUT2D eigenvalue weighted by molar-refractivity contribution is 7.13. The molecule has 0 spiro atoms. The lowest BCUT2D eigenvalue weighted by molar-refractivity contribution is 0.783. The maximum Gasteiger partial charge on any atom is 0.191 e. The molecule has 2 heterocycles. The van der Waals surface area contributed by atoms with E-state index in [1.54, 1.807) is 29.7 Å². The molecule has 0 unspecified atom stereocenters. The fourth-order valence-electron chi connectivity index (χ4n) is 1.78. The summed E-state index contributed by atoms with van der Waals surface area (Å²) in [6.07, 6.45) is 2.82. The Labute approximate surface area is 139 Å². The SMILES string of the molecule is CN=C(NCCc1ncc(C)s1)NCc1csc(N(C)C)n1. The van der Waals surface area contributed by atoms with Crippen LogP contribution in [0.5, 0.6) is 0 Å². The second-order valence-electron chi connectivity index (χ2n) is 4.98. The van der Waals surface area contributed by atoms with E-state index in [0.29, 0.717) is 6.54 Å². The number of aromatic nitrogens is 2. The van der Waals surface area contributed by atoms with Crippen LogP contribution in [0.3, 0.4) is 0 Å². The molecule has 0 aliphatic heterocycles. The van der Waals surface area contributed by atoms with Gasteiger partial charge in [-0.05, 0) is 6.92 Å². The summed E-state index contributed by atoms with van der Waals surface area (Å²) in [5.74, 6) is 0.785. The molecule has 2 N–H and O–H groups in total. The zero-order valence-corrected chi connectivity index (χ0v) is 15.0. The minimum absolute atomic E-state index is 0.667. The Morgan fingerprint density at radius 3 is 2.77 bits per heavy atom. The highest BCUT2D eigenvalue weighted by Crippen LogP contribution is 2.17. The smallest absolute Gasteiger partial charge is 0.191 e. The first-order chi connectivity index (χ1) is 10.6. The first kappa shape index (κ1) is 16.7. The van der Waals surface area contributed by atoms with Crippen LogP contribution < -0.4 is 15.5 Å². The van der Waals surface area contributed by atoms with Crippen LogP contribution in [0.1, 0.15) is 15.6 Å². The molecule has 0 saturated heterocycles. The van der Waals surface area contributed by atoms with Gasteiger partial charge in [0.15, 0.2) is 11.1 Å². The lowest BCUT2D eigenvalue weighted by Gasteiger charge is -2.10. The first-order valence-electron chi connectivity index (χ1n) is 7.06. The minimum Gasteiger partial charge on any atom is -0.356 e. The van der Waals surface area contributed by atoms with Crippen LogP contribution in [0, 0.1) is 6.92 Å². The molecule has 0 fully saturated rings. The van der Waals surface area contributed by atoms with E-state index in [1.807, 2.05) is 25.2 Å². The molecule has 120 valence electrons. The van der Waals surface area contributed by atoms with E-state index in [9.17, 15) is 0 Å². The average molecular weight is 339 g/mol. The number of hydrogen-bond acceptors (Lipinski definition) is 6. The number of aryl methyl sites for hydroxylation is 1. The number of guanidine groups is 1. The van der Waals surface area contributed by atoms with E-state index < -0.39 is 0 Å². The van der Waals surface area contributed by atoms with Gasteiger partial charge in [-0.25, -0.2) is 9.97 Å². The lowest BCUT2D eigenvalue weighted by Crippen LogP contribution is -2.37. The number of hydrogen-bond donors (Lipinski definition) is 2. The molecule has 0 amide bonds. The molecular weight excluding hydrogens is 316 g/mol. The van der Waals surface area contributed by atoms with Crippen LogP contribution >= 0.6 is 22.7 Å². The third-order valence-corrected chi connectivity index (χ3v) is 4.91. The second kappa shape index (κ2) is 8.09. The van der Waals surface area contributed by atoms with Gasteiger partial charge in [0.1, 0.15) is 0 Å². The van der Waals surface area contributed by atoms with Crippen molar-refractivity contribution in [2.24, 2.45) is 4.99 Å². The Morgan fingerprint density at radius 2 is 2.18 bits per heavy atom. The van der Waals surface area contributed by atoms with Crippen molar-refractivity contribution < 1.29 is 0 Å². The fraction of sp³-hybridized carbons (Fsp3) is 0.500. The zero-order valence-electron chi connectivity index (χ0n) is 13.4. The minimum atomic E-state index is 0.667. The number of aliphatic imine (C=N–C) groups is 1. The summed E-state index contributed by atoms with van der Waals surface area (Å²) in [4.78, 5) is 16.4. The van der Waals surface area contributed by atoms with E-state index in [-0.39, 0.29) is 0 Å².